The van der Waals surface area contributed by atoms with E-state index in [0.717, 1.165) is 30.3 Å². The number of rotatable bonds is 7. The molecule has 0 radical (unpaired) electrons. The van der Waals surface area contributed by atoms with E-state index >= 15 is 0 Å². The molecule has 2 aromatic rings. The summed E-state index contributed by atoms with van der Waals surface area (Å²) >= 11 is 0. The first-order valence-corrected chi connectivity index (χ1v) is 10.3. The molecule has 1 saturated heterocycles. The second-order valence-electron chi connectivity index (χ2n) is 7.78. The number of aliphatic imine (C=N–C) groups is 1. The zero-order chi connectivity index (χ0) is 19.8. The van der Waals surface area contributed by atoms with Crippen LogP contribution >= 0.6 is 24.0 Å². The van der Waals surface area contributed by atoms with Crippen molar-refractivity contribution in [3.8, 4) is 11.5 Å². The molecule has 1 fully saturated rings. The lowest BCUT2D eigenvalue weighted by Crippen LogP contribution is -2.42. The second kappa shape index (κ2) is 12.2. The molecule has 2 heterocycles. The summed E-state index contributed by atoms with van der Waals surface area (Å²) < 4.78 is 5.62. The van der Waals surface area contributed by atoms with E-state index in [-0.39, 0.29) is 24.0 Å². The molecule has 1 atom stereocenters. The maximum absolute atomic E-state index is 5.62. The maximum Gasteiger partial charge on any atom is 0.226 e. The maximum atomic E-state index is 5.62. The van der Waals surface area contributed by atoms with E-state index in [1.165, 1.54) is 37.9 Å². The molecular formula is C22H34IN5O. The smallest absolute Gasteiger partial charge is 0.226 e. The van der Waals surface area contributed by atoms with Crippen LogP contribution in [-0.2, 0) is 6.54 Å². The minimum absolute atomic E-state index is 0. The number of piperidine rings is 1. The first-order chi connectivity index (χ1) is 13.6. The Morgan fingerprint density at radius 1 is 1.17 bits per heavy atom. The zero-order valence-corrected chi connectivity index (χ0v) is 20.1. The van der Waals surface area contributed by atoms with E-state index in [4.69, 9.17) is 4.42 Å². The number of oxazole rings is 1. The van der Waals surface area contributed by atoms with Crippen molar-refractivity contribution >= 4 is 29.9 Å². The summed E-state index contributed by atoms with van der Waals surface area (Å²) in [4.78, 5) is 11.5. The standard InChI is InChI=1S/C22H33N5O.HI/c1-17-7-9-19(10-8-17)21-26-20(16-28-21)14-25-22(23-3)24-13-18(2)15-27-11-5-4-6-12-27;/h7-10,16,18H,4-6,11-15H2,1-3H3,(H2,23,24,25);1H. The Labute approximate surface area is 191 Å². The molecule has 0 saturated carbocycles. The highest BCUT2D eigenvalue weighted by atomic mass is 127. The molecule has 1 aromatic carbocycles. The number of nitrogens with zero attached hydrogens (tertiary/aromatic N) is 3. The van der Waals surface area contributed by atoms with Crippen molar-refractivity contribution in [2.75, 3.05) is 33.2 Å². The summed E-state index contributed by atoms with van der Waals surface area (Å²) in [5.74, 6) is 2.03. The van der Waals surface area contributed by atoms with E-state index in [1.54, 1.807) is 13.3 Å². The molecule has 0 amide bonds. The number of hydrogen-bond acceptors (Lipinski definition) is 4. The van der Waals surface area contributed by atoms with Crippen molar-refractivity contribution in [1.82, 2.24) is 20.5 Å². The van der Waals surface area contributed by atoms with Gasteiger partial charge in [0, 0.05) is 25.7 Å². The Balaban J connectivity index is 0.00000300. The Bertz CT molecular complexity index is 753. The number of nitrogens with one attached hydrogen (secondary N) is 2. The first-order valence-electron chi connectivity index (χ1n) is 10.3. The lowest BCUT2D eigenvalue weighted by atomic mass is 10.1. The van der Waals surface area contributed by atoms with Crippen molar-refractivity contribution in [3.05, 3.63) is 41.8 Å². The van der Waals surface area contributed by atoms with Crippen molar-refractivity contribution in [2.45, 2.75) is 39.7 Å². The van der Waals surface area contributed by atoms with E-state index in [2.05, 4.69) is 51.5 Å². The monoisotopic (exact) mass is 511 g/mol. The molecule has 1 unspecified atom stereocenters. The summed E-state index contributed by atoms with van der Waals surface area (Å²) in [6.45, 7) is 9.48. The number of halogens is 1. The van der Waals surface area contributed by atoms with Crippen LogP contribution in [0.2, 0.25) is 0 Å². The summed E-state index contributed by atoms with van der Waals surface area (Å²) in [6, 6.07) is 8.19. The van der Waals surface area contributed by atoms with Crippen molar-refractivity contribution in [2.24, 2.45) is 10.9 Å². The van der Waals surface area contributed by atoms with Crippen molar-refractivity contribution < 1.29 is 4.42 Å². The summed E-state index contributed by atoms with van der Waals surface area (Å²) in [7, 11) is 1.80. The number of aryl methyl sites for hydroxylation is 1. The van der Waals surface area contributed by atoms with Gasteiger partial charge in [-0.15, -0.1) is 24.0 Å². The average Bonchev–Trinajstić information content (AvgIpc) is 3.18. The number of aromatic nitrogens is 1. The number of likely N-dealkylation sites (tertiary alicyclic amines) is 1. The van der Waals surface area contributed by atoms with E-state index < -0.39 is 0 Å². The summed E-state index contributed by atoms with van der Waals surface area (Å²) in [6.07, 6.45) is 5.76. The average molecular weight is 511 g/mol. The van der Waals surface area contributed by atoms with Gasteiger partial charge in [-0.1, -0.05) is 31.0 Å². The van der Waals surface area contributed by atoms with Gasteiger partial charge in [-0.3, -0.25) is 4.99 Å². The van der Waals surface area contributed by atoms with Crippen LogP contribution < -0.4 is 10.6 Å². The number of hydrogen-bond donors (Lipinski definition) is 2. The van der Waals surface area contributed by atoms with Crippen LogP contribution in [0.15, 0.2) is 39.9 Å². The fourth-order valence-corrected chi connectivity index (χ4v) is 3.53. The van der Waals surface area contributed by atoms with Crippen molar-refractivity contribution in [3.63, 3.8) is 0 Å². The fraction of sp³-hybridized carbons (Fsp3) is 0.545. The molecule has 7 heteroatoms. The van der Waals surface area contributed by atoms with Crippen LogP contribution in [0, 0.1) is 12.8 Å². The van der Waals surface area contributed by atoms with Gasteiger partial charge in [-0.25, -0.2) is 4.98 Å². The van der Waals surface area contributed by atoms with Gasteiger partial charge in [0.2, 0.25) is 5.89 Å². The van der Waals surface area contributed by atoms with Crippen molar-refractivity contribution in [1.29, 1.82) is 0 Å². The molecule has 0 bridgehead atoms. The van der Waals surface area contributed by atoms with Crippen LogP contribution in [0.5, 0.6) is 0 Å². The quantitative estimate of drug-likeness (QED) is 0.334. The van der Waals surface area contributed by atoms with Gasteiger partial charge in [0.1, 0.15) is 6.26 Å². The second-order valence-corrected chi connectivity index (χ2v) is 7.78. The third-order valence-corrected chi connectivity index (χ3v) is 5.15. The first kappa shape index (κ1) is 23.7. The molecule has 1 aromatic heterocycles. The molecule has 6 nitrogen and oxygen atoms in total. The molecule has 1 aliphatic rings. The fourth-order valence-electron chi connectivity index (χ4n) is 3.53. The van der Waals surface area contributed by atoms with Crippen LogP contribution in [0.3, 0.4) is 0 Å². The molecular weight excluding hydrogens is 477 g/mol. The molecule has 0 aliphatic carbocycles. The van der Waals surface area contributed by atoms with E-state index in [1.807, 2.05) is 12.1 Å². The Kier molecular flexibility index (Phi) is 9.93. The number of benzene rings is 1. The zero-order valence-electron chi connectivity index (χ0n) is 17.8. The number of guanidine groups is 1. The Morgan fingerprint density at radius 2 is 1.90 bits per heavy atom. The normalized spacial score (nSPS) is 16.2. The van der Waals surface area contributed by atoms with Gasteiger partial charge in [-0.2, -0.15) is 0 Å². The van der Waals surface area contributed by atoms with Gasteiger partial charge < -0.3 is 20.0 Å². The molecule has 29 heavy (non-hydrogen) atoms. The molecule has 1 aliphatic heterocycles. The molecule has 160 valence electrons. The Morgan fingerprint density at radius 3 is 2.59 bits per heavy atom. The minimum Gasteiger partial charge on any atom is -0.444 e. The molecule has 2 N–H and O–H groups in total. The molecule has 0 spiro atoms. The van der Waals surface area contributed by atoms with Gasteiger partial charge >= 0.3 is 0 Å². The van der Waals surface area contributed by atoms with Crippen LogP contribution in [-0.4, -0.2) is 49.1 Å². The van der Waals surface area contributed by atoms with Crippen LogP contribution in [0.1, 0.15) is 37.4 Å². The predicted molar refractivity (Wildman–Crippen MR) is 130 cm³/mol. The highest BCUT2D eigenvalue weighted by Crippen LogP contribution is 2.19. The van der Waals surface area contributed by atoms with Crippen LogP contribution in [0.25, 0.3) is 11.5 Å². The third kappa shape index (κ3) is 7.62. The van der Waals surface area contributed by atoms with Gasteiger partial charge in [0.15, 0.2) is 5.96 Å². The SMILES string of the molecule is CN=C(NCc1coc(-c2ccc(C)cc2)n1)NCC(C)CN1CCCCC1.I. The topological polar surface area (TPSA) is 65.7 Å². The van der Waals surface area contributed by atoms with Gasteiger partial charge in [0.25, 0.3) is 0 Å². The highest BCUT2D eigenvalue weighted by molar-refractivity contribution is 14.0. The summed E-state index contributed by atoms with van der Waals surface area (Å²) in [5.41, 5.74) is 3.08. The van der Waals surface area contributed by atoms with Gasteiger partial charge in [0.05, 0.1) is 12.2 Å². The lowest BCUT2D eigenvalue weighted by molar-refractivity contribution is 0.201. The largest absolute Gasteiger partial charge is 0.444 e. The van der Waals surface area contributed by atoms with Crippen LogP contribution in [0.4, 0.5) is 0 Å². The molecule has 3 rings (SSSR count). The summed E-state index contributed by atoms with van der Waals surface area (Å²) in [5, 5.41) is 6.75. The van der Waals surface area contributed by atoms with E-state index in [9.17, 15) is 0 Å². The lowest BCUT2D eigenvalue weighted by Gasteiger charge is -2.29. The minimum atomic E-state index is 0. The van der Waals surface area contributed by atoms with E-state index in [0.29, 0.717) is 18.4 Å². The highest BCUT2D eigenvalue weighted by Gasteiger charge is 2.14. The van der Waals surface area contributed by atoms with Gasteiger partial charge in [-0.05, 0) is 50.9 Å². The third-order valence-electron chi connectivity index (χ3n) is 5.15. The predicted octanol–water partition coefficient (Wildman–Crippen LogP) is 4.06. The Hall–Kier alpha value is -1.61.